The second kappa shape index (κ2) is 6.90. The van der Waals surface area contributed by atoms with E-state index in [1.807, 2.05) is 13.0 Å². The van der Waals surface area contributed by atoms with Crippen molar-refractivity contribution in [1.29, 1.82) is 5.26 Å². The van der Waals surface area contributed by atoms with Crippen LogP contribution in [0.3, 0.4) is 0 Å². The monoisotopic (exact) mass is 280 g/mol. The van der Waals surface area contributed by atoms with Crippen LogP contribution in [-0.4, -0.2) is 19.0 Å². The van der Waals surface area contributed by atoms with Crippen LogP contribution < -0.4 is 5.32 Å². The van der Waals surface area contributed by atoms with E-state index in [0.29, 0.717) is 17.0 Å². The highest BCUT2D eigenvalue weighted by molar-refractivity contribution is 7.12. The van der Waals surface area contributed by atoms with Gasteiger partial charge in [0.2, 0.25) is 5.91 Å². The van der Waals surface area contributed by atoms with Crippen LogP contribution in [0, 0.1) is 24.2 Å². The lowest BCUT2D eigenvalue weighted by Crippen LogP contribution is -2.22. The summed E-state index contributed by atoms with van der Waals surface area (Å²) in [6.07, 6.45) is 1.25. The first-order chi connectivity index (χ1) is 9.04. The van der Waals surface area contributed by atoms with E-state index < -0.39 is 11.9 Å². The van der Waals surface area contributed by atoms with Crippen molar-refractivity contribution in [2.24, 2.45) is 5.92 Å². The number of esters is 1. The summed E-state index contributed by atoms with van der Waals surface area (Å²) in [5.74, 6) is -1.57. The third kappa shape index (κ3) is 3.55. The van der Waals surface area contributed by atoms with E-state index in [1.165, 1.54) is 18.4 Å². The summed E-state index contributed by atoms with van der Waals surface area (Å²) >= 11 is 1.21. The molecule has 0 bridgehead atoms. The summed E-state index contributed by atoms with van der Waals surface area (Å²) in [6.45, 7) is 3.70. The number of anilines is 1. The van der Waals surface area contributed by atoms with E-state index >= 15 is 0 Å². The van der Waals surface area contributed by atoms with Gasteiger partial charge < -0.3 is 10.1 Å². The van der Waals surface area contributed by atoms with Gasteiger partial charge in [-0.1, -0.05) is 13.3 Å². The van der Waals surface area contributed by atoms with E-state index in [1.54, 1.807) is 12.3 Å². The van der Waals surface area contributed by atoms with Crippen LogP contribution in [0.15, 0.2) is 5.38 Å². The Morgan fingerprint density at radius 1 is 1.58 bits per heavy atom. The van der Waals surface area contributed by atoms with Gasteiger partial charge >= 0.3 is 5.97 Å². The molecule has 1 rings (SSSR count). The van der Waals surface area contributed by atoms with Crippen LogP contribution >= 0.6 is 11.3 Å². The Morgan fingerprint density at radius 2 is 2.26 bits per heavy atom. The van der Waals surface area contributed by atoms with E-state index in [9.17, 15) is 9.59 Å². The SMILES string of the molecule is CCCC(C#N)C(=O)Nc1c(C)csc1C(=O)OC. The molecule has 1 atom stereocenters. The maximum absolute atomic E-state index is 12.0. The molecular formula is C13H16N2O3S. The Kier molecular flexibility index (Phi) is 5.52. The number of amides is 1. The Bertz CT molecular complexity index is 516. The standard InChI is InChI=1S/C13H16N2O3S/c1-4-5-9(6-14)12(16)15-10-8(2)7-19-11(10)13(17)18-3/h7,9H,4-5H2,1-3H3,(H,15,16). The summed E-state index contributed by atoms with van der Waals surface area (Å²) < 4.78 is 4.66. The number of hydrogen-bond donors (Lipinski definition) is 1. The van der Waals surface area contributed by atoms with Crippen molar-refractivity contribution in [3.8, 4) is 6.07 Å². The number of carbonyl (C=O) groups is 2. The second-order valence-corrected chi connectivity index (χ2v) is 4.95. The number of thiophene rings is 1. The lowest BCUT2D eigenvalue weighted by molar-refractivity contribution is -0.118. The van der Waals surface area contributed by atoms with Crippen molar-refractivity contribution in [2.45, 2.75) is 26.7 Å². The molecule has 0 saturated heterocycles. The average Bonchev–Trinajstić information content (AvgIpc) is 2.76. The molecule has 1 amide bonds. The zero-order chi connectivity index (χ0) is 14.4. The van der Waals surface area contributed by atoms with E-state index in [0.717, 1.165) is 12.0 Å². The molecular weight excluding hydrogens is 264 g/mol. The van der Waals surface area contributed by atoms with E-state index in [2.05, 4.69) is 10.1 Å². The van der Waals surface area contributed by atoms with Gasteiger partial charge in [0.15, 0.2) is 0 Å². The fraction of sp³-hybridized carbons (Fsp3) is 0.462. The van der Waals surface area contributed by atoms with Crippen molar-refractivity contribution >= 4 is 28.9 Å². The fourth-order valence-electron chi connectivity index (χ4n) is 1.60. The normalized spacial score (nSPS) is 11.5. The highest BCUT2D eigenvalue weighted by Crippen LogP contribution is 2.28. The maximum Gasteiger partial charge on any atom is 0.350 e. The average molecular weight is 280 g/mol. The Labute approximate surface area is 116 Å². The molecule has 1 heterocycles. The number of ether oxygens (including phenoxy) is 1. The van der Waals surface area contributed by atoms with Crippen molar-refractivity contribution in [2.75, 3.05) is 12.4 Å². The molecule has 0 aliphatic heterocycles. The van der Waals surface area contributed by atoms with Gasteiger partial charge in [0.1, 0.15) is 10.8 Å². The van der Waals surface area contributed by atoms with Crippen molar-refractivity contribution in [3.63, 3.8) is 0 Å². The molecule has 0 aliphatic rings. The van der Waals surface area contributed by atoms with Crippen LogP contribution in [-0.2, 0) is 9.53 Å². The topological polar surface area (TPSA) is 79.2 Å². The third-order valence-corrected chi connectivity index (χ3v) is 3.72. The minimum absolute atomic E-state index is 0.349. The summed E-state index contributed by atoms with van der Waals surface area (Å²) in [6, 6.07) is 1.97. The van der Waals surface area contributed by atoms with Crippen molar-refractivity contribution < 1.29 is 14.3 Å². The second-order valence-electron chi connectivity index (χ2n) is 4.07. The Balaban J connectivity index is 2.93. The molecule has 19 heavy (non-hydrogen) atoms. The molecule has 0 spiro atoms. The van der Waals surface area contributed by atoms with Crippen molar-refractivity contribution in [1.82, 2.24) is 0 Å². The number of nitriles is 1. The number of nitrogens with one attached hydrogen (secondary N) is 1. The van der Waals surface area contributed by atoms with Gasteiger partial charge in [-0.2, -0.15) is 5.26 Å². The summed E-state index contributed by atoms with van der Waals surface area (Å²) in [5.41, 5.74) is 1.23. The highest BCUT2D eigenvalue weighted by Gasteiger charge is 2.22. The first kappa shape index (κ1) is 15.2. The number of aryl methyl sites for hydroxylation is 1. The fourth-order valence-corrected chi connectivity index (χ4v) is 2.52. The minimum atomic E-state index is -0.699. The molecule has 6 heteroatoms. The molecule has 1 unspecified atom stereocenters. The quantitative estimate of drug-likeness (QED) is 0.841. The van der Waals surface area contributed by atoms with Gasteiger partial charge in [-0.05, 0) is 24.3 Å². The molecule has 1 N–H and O–H groups in total. The first-order valence-corrected chi connectivity index (χ1v) is 6.80. The van der Waals surface area contributed by atoms with Crippen molar-refractivity contribution in [3.05, 3.63) is 15.8 Å². The van der Waals surface area contributed by atoms with Crippen LogP contribution in [0.1, 0.15) is 35.0 Å². The number of rotatable bonds is 5. The number of hydrogen-bond acceptors (Lipinski definition) is 5. The minimum Gasteiger partial charge on any atom is -0.465 e. The van der Waals surface area contributed by atoms with Gasteiger partial charge in [0.25, 0.3) is 0 Å². The molecule has 0 radical (unpaired) electrons. The van der Waals surface area contributed by atoms with E-state index in [-0.39, 0.29) is 5.91 Å². The molecule has 0 fully saturated rings. The predicted molar refractivity (Wildman–Crippen MR) is 73.0 cm³/mol. The Hall–Kier alpha value is -1.87. The van der Waals surface area contributed by atoms with Crippen LogP contribution in [0.25, 0.3) is 0 Å². The lowest BCUT2D eigenvalue weighted by Gasteiger charge is -2.10. The number of carbonyl (C=O) groups excluding carboxylic acids is 2. The maximum atomic E-state index is 12.0. The molecule has 0 aliphatic carbocycles. The zero-order valence-electron chi connectivity index (χ0n) is 11.1. The highest BCUT2D eigenvalue weighted by atomic mass is 32.1. The zero-order valence-corrected chi connectivity index (χ0v) is 12.0. The molecule has 5 nitrogen and oxygen atoms in total. The molecule has 1 aromatic rings. The number of methoxy groups -OCH3 is 1. The van der Waals surface area contributed by atoms with Gasteiger partial charge in [-0.3, -0.25) is 4.79 Å². The first-order valence-electron chi connectivity index (χ1n) is 5.92. The van der Waals surface area contributed by atoms with Gasteiger partial charge in [0.05, 0.1) is 18.9 Å². The van der Waals surface area contributed by atoms with Crippen LogP contribution in [0.4, 0.5) is 5.69 Å². The summed E-state index contributed by atoms with van der Waals surface area (Å²) in [7, 11) is 1.29. The van der Waals surface area contributed by atoms with Gasteiger partial charge in [-0.15, -0.1) is 11.3 Å². The van der Waals surface area contributed by atoms with E-state index in [4.69, 9.17) is 5.26 Å². The lowest BCUT2D eigenvalue weighted by atomic mass is 10.0. The molecule has 102 valence electrons. The third-order valence-electron chi connectivity index (χ3n) is 2.64. The number of nitrogens with zero attached hydrogens (tertiary/aromatic N) is 1. The largest absolute Gasteiger partial charge is 0.465 e. The van der Waals surface area contributed by atoms with Gasteiger partial charge in [0, 0.05) is 0 Å². The molecule has 1 aromatic heterocycles. The van der Waals surface area contributed by atoms with Crippen LogP contribution in [0.2, 0.25) is 0 Å². The van der Waals surface area contributed by atoms with Crippen LogP contribution in [0.5, 0.6) is 0 Å². The summed E-state index contributed by atoms with van der Waals surface area (Å²) in [5, 5.41) is 13.4. The molecule has 0 saturated carbocycles. The summed E-state index contributed by atoms with van der Waals surface area (Å²) in [4.78, 5) is 23.9. The molecule has 0 aromatic carbocycles. The Morgan fingerprint density at radius 3 is 2.79 bits per heavy atom. The predicted octanol–water partition coefficient (Wildman–Crippen LogP) is 2.72. The van der Waals surface area contributed by atoms with Gasteiger partial charge in [-0.25, -0.2) is 4.79 Å². The smallest absolute Gasteiger partial charge is 0.350 e.